The number of nitrogens with zero attached hydrogens (tertiary/aromatic N) is 1. The van der Waals surface area contributed by atoms with Crippen LogP contribution in [0.4, 0.5) is 0 Å². The fourth-order valence-corrected chi connectivity index (χ4v) is 2.14. The maximum atomic E-state index is 12.4. The van der Waals surface area contributed by atoms with Crippen LogP contribution in [0.25, 0.3) is 11.3 Å². The maximum Gasteiger partial charge on any atom is 0.268 e. The molecule has 3 rings (SSSR count). The molecule has 0 saturated heterocycles. The smallest absolute Gasteiger partial charge is 0.268 e. The van der Waals surface area contributed by atoms with E-state index in [1.54, 1.807) is 38.5 Å². The summed E-state index contributed by atoms with van der Waals surface area (Å²) in [4.78, 5) is 16.6. The summed E-state index contributed by atoms with van der Waals surface area (Å²) in [6, 6.07) is 14.2. The lowest BCUT2D eigenvalue weighted by Crippen LogP contribution is -2.01. The molecule has 1 aromatic heterocycles. The number of methoxy groups -OCH3 is 2. The van der Waals surface area contributed by atoms with Crippen molar-refractivity contribution in [3.63, 3.8) is 0 Å². The first-order valence-electron chi connectivity index (χ1n) is 7.00. The molecule has 1 heterocycles. The van der Waals surface area contributed by atoms with Crippen molar-refractivity contribution >= 4 is 5.78 Å². The van der Waals surface area contributed by atoms with Gasteiger partial charge in [0.05, 0.1) is 14.2 Å². The van der Waals surface area contributed by atoms with Gasteiger partial charge >= 0.3 is 0 Å². The zero-order valence-electron chi connectivity index (χ0n) is 12.8. The number of carbonyl (C=O) groups is 1. The van der Waals surface area contributed by atoms with Crippen molar-refractivity contribution in [2.45, 2.75) is 0 Å². The minimum atomic E-state index is -0.271. The number of carbonyl (C=O) groups excluding carboxylic acids is 1. The molecule has 0 atom stereocenters. The predicted molar refractivity (Wildman–Crippen MR) is 84.9 cm³/mol. The molecule has 23 heavy (non-hydrogen) atoms. The molecule has 0 N–H and O–H groups in total. The van der Waals surface area contributed by atoms with Crippen molar-refractivity contribution in [2.24, 2.45) is 0 Å². The molecule has 0 saturated carbocycles. The molecule has 116 valence electrons. The molecule has 2 aromatic carbocycles. The second kappa shape index (κ2) is 6.36. The van der Waals surface area contributed by atoms with Crippen molar-refractivity contribution in [1.82, 2.24) is 4.98 Å². The summed E-state index contributed by atoms with van der Waals surface area (Å²) in [6.07, 6.45) is 1.47. The van der Waals surface area contributed by atoms with Gasteiger partial charge in [-0.2, -0.15) is 0 Å². The Balaban J connectivity index is 1.83. The van der Waals surface area contributed by atoms with Gasteiger partial charge in [-0.05, 0) is 48.5 Å². The summed E-state index contributed by atoms with van der Waals surface area (Å²) in [7, 11) is 3.18. The van der Waals surface area contributed by atoms with Crippen molar-refractivity contribution < 1.29 is 18.7 Å². The Hall–Kier alpha value is -3.08. The molecule has 3 aromatic rings. The van der Waals surface area contributed by atoms with Gasteiger partial charge in [0.2, 0.25) is 5.78 Å². The molecule has 0 radical (unpaired) electrons. The minimum absolute atomic E-state index is 0.0565. The topological polar surface area (TPSA) is 61.6 Å². The summed E-state index contributed by atoms with van der Waals surface area (Å²) in [5.41, 5.74) is 1.95. The van der Waals surface area contributed by atoms with Gasteiger partial charge in [-0.3, -0.25) is 4.79 Å². The zero-order chi connectivity index (χ0) is 16.2. The third-order valence-electron chi connectivity index (χ3n) is 3.44. The molecule has 0 bridgehead atoms. The fraction of sp³-hybridized carbons (Fsp3) is 0.111. The van der Waals surface area contributed by atoms with E-state index in [9.17, 15) is 4.79 Å². The highest BCUT2D eigenvalue weighted by molar-refractivity contribution is 6.06. The Labute approximate surface area is 133 Å². The monoisotopic (exact) mass is 309 g/mol. The van der Waals surface area contributed by atoms with Crippen LogP contribution in [0, 0.1) is 0 Å². The molecule has 0 aliphatic carbocycles. The number of aromatic nitrogens is 1. The third kappa shape index (κ3) is 3.08. The summed E-state index contributed by atoms with van der Waals surface area (Å²) >= 11 is 0. The Kier molecular flexibility index (Phi) is 4.10. The highest BCUT2D eigenvalue weighted by Gasteiger charge is 2.16. The van der Waals surface area contributed by atoms with Gasteiger partial charge in [0.15, 0.2) is 0 Å². The molecule has 0 amide bonds. The van der Waals surface area contributed by atoms with Crippen LogP contribution >= 0.6 is 0 Å². The van der Waals surface area contributed by atoms with E-state index in [1.165, 1.54) is 6.26 Å². The molecule has 0 unspecified atom stereocenters. The van der Waals surface area contributed by atoms with Crippen LogP contribution in [0.3, 0.4) is 0 Å². The second-order valence-corrected chi connectivity index (χ2v) is 4.82. The van der Waals surface area contributed by atoms with Crippen LogP contribution < -0.4 is 9.47 Å². The standard InChI is InChI=1S/C18H15NO4/c1-21-14-7-3-12(4-8-14)16-11-23-18(19-16)17(20)13-5-9-15(22-2)10-6-13/h3-11H,1-2H3. The second-order valence-electron chi connectivity index (χ2n) is 4.82. The molecule has 0 aliphatic rings. The lowest BCUT2D eigenvalue weighted by molar-refractivity contribution is 0.100. The van der Waals surface area contributed by atoms with Gasteiger partial charge in [0, 0.05) is 11.1 Å². The van der Waals surface area contributed by atoms with Crippen molar-refractivity contribution in [2.75, 3.05) is 14.2 Å². The lowest BCUT2D eigenvalue weighted by Gasteiger charge is -2.00. The average molecular weight is 309 g/mol. The van der Waals surface area contributed by atoms with E-state index in [-0.39, 0.29) is 11.7 Å². The van der Waals surface area contributed by atoms with Gasteiger partial charge in [-0.1, -0.05) is 0 Å². The molecular weight excluding hydrogens is 294 g/mol. The largest absolute Gasteiger partial charge is 0.497 e. The van der Waals surface area contributed by atoms with Crippen molar-refractivity contribution in [3.05, 3.63) is 66.2 Å². The summed E-state index contributed by atoms with van der Waals surface area (Å²) < 4.78 is 15.5. The average Bonchev–Trinajstić information content (AvgIpc) is 3.11. The Morgan fingerprint density at radius 3 is 2.04 bits per heavy atom. The zero-order valence-corrected chi connectivity index (χ0v) is 12.8. The van der Waals surface area contributed by atoms with E-state index < -0.39 is 0 Å². The van der Waals surface area contributed by atoms with Gasteiger partial charge in [-0.25, -0.2) is 4.98 Å². The van der Waals surface area contributed by atoms with Gasteiger partial charge in [0.1, 0.15) is 23.5 Å². The Bertz CT molecular complexity index is 804. The number of benzene rings is 2. The molecule has 0 fully saturated rings. The van der Waals surface area contributed by atoms with Crippen LogP contribution in [0.1, 0.15) is 16.2 Å². The fourth-order valence-electron chi connectivity index (χ4n) is 2.14. The number of rotatable bonds is 5. The highest BCUT2D eigenvalue weighted by Crippen LogP contribution is 2.23. The van der Waals surface area contributed by atoms with E-state index in [4.69, 9.17) is 13.9 Å². The van der Waals surface area contributed by atoms with Crippen LogP contribution in [0.2, 0.25) is 0 Å². The summed E-state index contributed by atoms with van der Waals surface area (Å²) in [6.45, 7) is 0. The van der Waals surface area contributed by atoms with Gasteiger partial charge in [0.25, 0.3) is 5.89 Å². The van der Waals surface area contributed by atoms with E-state index in [0.29, 0.717) is 17.0 Å². The number of ether oxygens (including phenoxy) is 2. The van der Waals surface area contributed by atoms with E-state index >= 15 is 0 Å². The Morgan fingerprint density at radius 2 is 1.48 bits per heavy atom. The predicted octanol–water partition coefficient (Wildman–Crippen LogP) is 3.59. The van der Waals surface area contributed by atoms with E-state index in [1.807, 2.05) is 24.3 Å². The lowest BCUT2D eigenvalue weighted by atomic mass is 10.1. The number of oxazole rings is 1. The van der Waals surface area contributed by atoms with E-state index in [2.05, 4.69) is 4.98 Å². The molecular formula is C18H15NO4. The van der Waals surface area contributed by atoms with Gasteiger partial charge in [-0.15, -0.1) is 0 Å². The van der Waals surface area contributed by atoms with Crippen LogP contribution in [0.5, 0.6) is 11.5 Å². The first kappa shape index (κ1) is 14.8. The molecule has 5 nitrogen and oxygen atoms in total. The number of hydrogen-bond donors (Lipinski definition) is 0. The molecule has 5 heteroatoms. The first-order valence-corrected chi connectivity index (χ1v) is 7.00. The van der Waals surface area contributed by atoms with Crippen LogP contribution in [0.15, 0.2) is 59.2 Å². The van der Waals surface area contributed by atoms with Crippen molar-refractivity contribution in [1.29, 1.82) is 0 Å². The molecule has 0 spiro atoms. The quantitative estimate of drug-likeness (QED) is 0.674. The maximum absolute atomic E-state index is 12.4. The van der Waals surface area contributed by atoms with E-state index in [0.717, 1.165) is 11.3 Å². The first-order chi connectivity index (χ1) is 11.2. The van der Waals surface area contributed by atoms with Crippen LogP contribution in [-0.4, -0.2) is 25.0 Å². The van der Waals surface area contributed by atoms with Gasteiger partial charge < -0.3 is 13.9 Å². The number of ketones is 1. The highest BCUT2D eigenvalue weighted by atomic mass is 16.5. The summed E-state index contributed by atoms with van der Waals surface area (Å²) in [5.74, 6) is 1.23. The van der Waals surface area contributed by atoms with Crippen molar-refractivity contribution in [3.8, 4) is 22.8 Å². The Morgan fingerprint density at radius 1 is 0.913 bits per heavy atom. The normalized spacial score (nSPS) is 10.3. The van der Waals surface area contributed by atoms with Crippen LogP contribution in [-0.2, 0) is 0 Å². The third-order valence-corrected chi connectivity index (χ3v) is 3.44. The SMILES string of the molecule is COc1ccc(C(=O)c2nc(-c3ccc(OC)cc3)co2)cc1. The molecule has 0 aliphatic heterocycles. The summed E-state index contributed by atoms with van der Waals surface area (Å²) in [5, 5.41) is 0. The minimum Gasteiger partial charge on any atom is -0.497 e. The number of hydrogen-bond acceptors (Lipinski definition) is 5.